The minimum Gasteiger partial charge on any atom is -0.481 e. The minimum atomic E-state index is -0.749. The van der Waals surface area contributed by atoms with Crippen LogP contribution in [0.15, 0.2) is 12.3 Å². The predicted molar refractivity (Wildman–Crippen MR) is 61.1 cm³/mol. The molecule has 1 atom stereocenters. The lowest BCUT2D eigenvalue weighted by atomic mass is 9.87. The van der Waals surface area contributed by atoms with E-state index in [9.17, 15) is 4.79 Å². The molecule has 6 heteroatoms. The van der Waals surface area contributed by atoms with Crippen LogP contribution in [0.25, 0.3) is 0 Å². The first kappa shape index (κ1) is 11.6. The van der Waals surface area contributed by atoms with Crippen LogP contribution < -0.4 is 9.64 Å². The first-order valence-electron chi connectivity index (χ1n) is 5.46. The molecule has 1 N–H and O–H groups in total. The van der Waals surface area contributed by atoms with Crippen molar-refractivity contribution < 1.29 is 14.6 Å². The Morgan fingerprint density at radius 3 is 2.94 bits per heavy atom. The molecular weight excluding hydrogens is 222 g/mol. The van der Waals surface area contributed by atoms with Gasteiger partial charge in [-0.15, -0.1) is 0 Å². The lowest BCUT2D eigenvalue weighted by Crippen LogP contribution is -2.51. The van der Waals surface area contributed by atoms with Crippen molar-refractivity contribution in [3.05, 3.63) is 12.3 Å². The molecule has 1 aromatic rings. The number of anilines is 1. The average molecular weight is 237 g/mol. The normalized spacial score (nSPS) is 17.4. The summed E-state index contributed by atoms with van der Waals surface area (Å²) in [5, 5.41) is 8.89. The van der Waals surface area contributed by atoms with Crippen molar-refractivity contribution in [3.63, 3.8) is 0 Å². The number of rotatable bonds is 4. The summed E-state index contributed by atoms with van der Waals surface area (Å²) in [5.74, 6) is 0.211. The number of hydrogen-bond donors (Lipinski definition) is 1. The molecule has 0 aromatic carbocycles. The number of methoxy groups -OCH3 is 1. The number of aliphatic carboxylic acids is 1. The lowest BCUT2D eigenvalue weighted by molar-refractivity contribution is -0.143. The summed E-state index contributed by atoms with van der Waals surface area (Å²) < 4.78 is 5.01. The van der Waals surface area contributed by atoms with E-state index in [2.05, 4.69) is 9.97 Å². The molecule has 1 aliphatic rings. The monoisotopic (exact) mass is 237 g/mol. The van der Waals surface area contributed by atoms with Gasteiger partial charge in [-0.25, -0.2) is 4.98 Å². The first-order chi connectivity index (χ1) is 8.11. The second kappa shape index (κ2) is 4.57. The van der Waals surface area contributed by atoms with E-state index in [4.69, 9.17) is 9.84 Å². The highest BCUT2D eigenvalue weighted by Crippen LogP contribution is 2.27. The van der Waals surface area contributed by atoms with Gasteiger partial charge in [0.15, 0.2) is 0 Å². The Bertz CT molecular complexity index is 418. The molecule has 0 spiro atoms. The maximum absolute atomic E-state index is 10.8. The molecule has 1 fully saturated rings. The summed E-state index contributed by atoms with van der Waals surface area (Å²) in [6.45, 7) is 3.10. The first-order valence-corrected chi connectivity index (χ1v) is 5.46. The van der Waals surface area contributed by atoms with Crippen molar-refractivity contribution in [2.24, 2.45) is 11.8 Å². The van der Waals surface area contributed by atoms with Crippen LogP contribution in [0.5, 0.6) is 5.88 Å². The Morgan fingerprint density at radius 1 is 1.65 bits per heavy atom. The van der Waals surface area contributed by atoms with Gasteiger partial charge < -0.3 is 14.7 Å². The van der Waals surface area contributed by atoms with Gasteiger partial charge in [0.1, 0.15) is 0 Å². The highest BCUT2D eigenvalue weighted by molar-refractivity contribution is 5.70. The summed E-state index contributed by atoms with van der Waals surface area (Å²) in [7, 11) is 1.55. The lowest BCUT2D eigenvalue weighted by Gasteiger charge is -2.41. The fourth-order valence-electron chi connectivity index (χ4n) is 1.79. The fourth-order valence-corrected chi connectivity index (χ4v) is 1.79. The van der Waals surface area contributed by atoms with Crippen molar-refractivity contribution in [3.8, 4) is 5.88 Å². The zero-order chi connectivity index (χ0) is 12.4. The molecule has 0 bridgehead atoms. The Balaban J connectivity index is 1.97. The maximum Gasteiger partial charge on any atom is 0.306 e. The SMILES string of the molecule is COc1ccnc(N2CC(C(C)C(=O)O)C2)n1. The number of aromatic nitrogens is 2. The van der Waals surface area contributed by atoms with E-state index in [1.165, 1.54) is 0 Å². The predicted octanol–water partition coefficient (Wildman–Crippen LogP) is 0.642. The van der Waals surface area contributed by atoms with Gasteiger partial charge >= 0.3 is 5.97 Å². The molecule has 17 heavy (non-hydrogen) atoms. The number of nitrogens with zero attached hydrogens (tertiary/aromatic N) is 3. The average Bonchev–Trinajstić information content (AvgIpc) is 2.27. The van der Waals surface area contributed by atoms with Crippen molar-refractivity contribution in [1.82, 2.24) is 9.97 Å². The van der Waals surface area contributed by atoms with Crippen LogP contribution in [0.3, 0.4) is 0 Å². The molecule has 0 amide bonds. The van der Waals surface area contributed by atoms with Gasteiger partial charge in [0.2, 0.25) is 11.8 Å². The smallest absolute Gasteiger partial charge is 0.306 e. The van der Waals surface area contributed by atoms with Crippen LogP contribution in [0.1, 0.15) is 6.92 Å². The van der Waals surface area contributed by atoms with Gasteiger partial charge in [-0.05, 0) is 0 Å². The van der Waals surface area contributed by atoms with Gasteiger partial charge in [-0.2, -0.15) is 4.98 Å². The second-order valence-electron chi connectivity index (χ2n) is 4.19. The van der Waals surface area contributed by atoms with Crippen LogP contribution in [0, 0.1) is 11.8 Å². The molecule has 2 rings (SSSR count). The minimum absolute atomic E-state index is 0.169. The van der Waals surface area contributed by atoms with Crippen LogP contribution in [0.2, 0.25) is 0 Å². The Kier molecular flexibility index (Phi) is 3.12. The van der Waals surface area contributed by atoms with E-state index in [1.54, 1.807) is 26.3 Å². The van der Waals surface area contributed by atoms with E-state index >= 15 is 0 Å². The topological polar surface area (TPSA) is 75.5 Å². The molecule has 2 heterocycles. The van der Waals surface area contributed by atoms with E-state index in [-0.39, 0.29) is 11.8 Å². The van der Waals surface area contributed by atoms with Crippen molar-refractivity contribution in [1.29, 1.82) is 0 Å². The third-order valence-corrected chi connectivity index (χ3v) is 3.12. The van der Waals surface area contributed by atoms with Gasteiger partial charge in [-0.1, -0.05) is 6.92 Å². The van der Waals surface area contributed by atoms with E-state index in [0.717, 1.165) is 0 Å². The Labute approximate surface area is 99.2 Å². The molecule has 6 nitrogen and oxygen atoms in total. The van der Waals surface area contributed by atoms with E-state index in [0.29, 0.717) is 24.9 Å². The summed E-state index contributed by atoms with van der Waals surface area (Å²) in [5.41, 5.74) is 0. The molecule has 1 unspecified atom stereocenters. The maximum atomic E-state index is 10.8. The van der Waals surface area contributed by atoms with Crippen molar-refractivity contribution in [2.45, 2.75) is 6.92 Å². The summed E-state index contributed by atoms with van der Waals surface area (Å²) in [6, 6.07) is 1.68. The van der Waals surface area contributed by atoms with E-state index < -0.39 is 5.97 Å². The van der Waals surface area contributed by atoms with Gasteiger partial charge in [0.05, 0.1) is 13.0 Å². The quantitative estimate of drug-likeness (QED) is 0.828. The number of carboxylic acids is 1. The van der Waals surface area contributed by atoms with Gasteiger partial charge in [-0.3, -0.25) is 4.79 Å². The van der Waals surface area contributed by atoms with Crippen LogP contribution in [-0.2, 0) is 4.79 Å². The summed E-state index contributed by atoms with van der Waals surface area (Å²) >= 11 is 0. The number of hydrogen-bond acceptors (Lipinski definition) is 5. The zero-order valence-electron chi connectivity index (χ0n) is 9.83. The summed E-state index contributed by atoms with van der Waals surface area (Å²) in [6.07, 6.45) is 1.63. The molecule has 1 aliphatic heterocycles. The molecule has 1 saturated heterocycles. The number of carbonyl (C=O) groups is 1. The molecule has 0 radical (unpaired) electrons. The molecule has 0 saturated carbocycles. The summed E-state index contributed by atoms with van der Waals surface area (Å²) in [4.78, 5) is 21.1. The molecular formula is C11H15N3O3. The van der Waals surface area contributed by atoms with Crippen molar-refractivity contribution >= 4 is 11.9 Å². The largest absolute Gasteiger partial charge is 0.481 e. The second-order valence-corrected chi connectivity index (χ2v) is 4.19. The zero-order valence-corrected chi connectivity index (χ0v) is 9.83. The van der Waals surface area contributed by atoms with Gasteiger partial charge in [0.25, 0.3) is 0 Å². The van der Waals surface area contributed by atoms with Crippen LogP contribution >= 0.6 is 0 Å². The highest BCUT2D eigenvalue weighted by Gasteiger charge is 2.35. The molecule has 92 valence electrons. The number of carboxylic acid groups (broad SMARTS) is 1. The molecule has 0 aliphatic carbocycles. The third-order valence-electron chi connectivity index (χ3n) is 3.12. The Hall–Kier alpha value is -1.85. The molecule has 1 aromatic heterocycles. The highest BCUT2D eigenvalue weighted by atomic mass is 16.5. The Morgan fingerprint density at radius 2 is 2.35 bits per heavy atom. The van der Waals surface area contributed by atoms with E-state index in [1.807, 2.05) is 4.90 Å². The van der Waals surface area contributed by atoms with Crippen LogP contribution in [-0.4, -0.2) is 41.2 Å². The number of ether oxygens (including phenoxy) is 1. The van der Waals surface area contributed by atoms with Crippen LogP contribution in [0.4, 0.5) is 5.95 Å². The standard InChI is InChI=1S/C11H15N3O3/c1-7(10(15)16)8-5-14(6-8)11-12-4-3-9(13-11)17-2/h3-4,7-8H,5-6H2,1-2H3,(H,15,16). The van der Waals surface area contributed by atoms with Gasteiger partial charge in [0, 0.05) is 31.3 Å². The fraction of sp³-hybridized carbons (Fsp3) is 0.545. The van der Waals surface area contributed by atoms with Crippen molar-refractivity contribution in [2.75, 3.05) is 25.1 Å². The third kappa shape index (κ3) is 2.30.